The van der Waals surface area contributed by atoms with Gasteiger partial charge < -0.3 is 9.29 Å². The van der Waals surface area contributed by atoms with Gasteiger partial charge in [-0.15, -0.1) is 0 Å². The number of rotatable bonds is 6. The molecule has 0 heterocycles. The summed E-state index contributed by atoms with van der Waals surface area (Å²) in [6.45, 7) is 3.46. The van der Waals surface area contributed by atoms with Crippen LogP contribution in [-0.4, -0.2) is 25.4 Å². The van der Waals surface area contributed by atoms with E-state index in [0.29, 0.717) is 5.75 Å². The highest BCUT2D eigenvalue weighted by molar-refractivity contribution is 7.85. The molecule has 0 aromatic heterocycles. The average molecular weight is 317 g/mol. The molecule has 2 aromatic carbocycles. The van der Waals surface area contributed by atoms with Crippen molar-refractivity contribution in [2.45, 2.75) is 4.90 Å². The molecule has 0 bridgehead atoms. The Morgan fingerprint density at radius 2 is 1.86 bits per heavy atom. The maximum absolute atomic E-state index is 12.0. The Morgan fingerprint density at radius 1 is 1.18 bits per heavy atom. The molecule has 0 atom stereocenters. The summed E-state index contributed by atoms with van der Waals surface area (Å²) in [5.41, 5.74) is 1.14. The first-order valence-corrected chi connectivity index (χ1v) is 7.75. The molecule has 2 aromatic rings. The van der Waals surface area contributed by atoms with Crippen molar-refractivity contribution in [3.63, 3.8) is 0 Å². The molecule has 0 saturated carbocycles. The van der Waals surface area contributed by atoms with E-state index in [1.165, 1.54) is 12.1 Å². The molecule has 0 aliphatic rings. The molecule has 0 fully saturated rings. The van der Waals surface area contributed by atoms with Crippen molar-refractivity contribution in [2.75, 3.05) is 6.61 Å². The van der Waals surface area contributed by atoms with Gasteiger partial charge in [0.05, 0.1) is 4.90 Å². The van der Waals surface area contributed by atoms with E-state index in [0.717, 1.165) is 17.7 Å². The molecule has 0 saturated heterocycles. The Balaban J connectivity index is 2.04. The lowest BCUT2D eigenvalue weighted by Crippen LogP contribution is -2.12. The van der Waals surface area contributed by atoms with Crippen LogP contribution in [0.4, 0.5) is 0 Å². The third-order valence-electron chi connectivity index (χ3n) is 2.93. The van der Waals surface area contributed by atoms with E-state index in [-0.39, 0.29) is 22.8 Å². The van der Waals surface area contributed by atoms with Gasteiger partial charge in [0.1, 0.15) is 15.9 Å². The number of hydrogen-bond donors (Lipinski definition) is 0. The van der Waals surface area contributed by atoms with Crippen molar-refractivity contribution in [1.29, 1.82) is 0 Å². The molecule has 6 heteroatoms. The molecule has 0 spiro atoms. The van der Waals surface area contributed by atoms with Crippen LogP contribution in [0.2, 0.25) is 0 Å². The number of benzene rings is 2. The minimum absolute atomic E-state index is 0.190. The fourth-order valence-electron chi connectivity index (χ4n) is 1.77. The van der Waals surface area contributed by atoms with Crippen molar-refractivity contribution < 1.29 is 22.5 Å². The number of ketones is 1. The highest BCUT2D eigenvalue weighted by Crippen LogP contribution is 2.15. The zero-order chi connectivity index (χ0) is 16.2. The van der Waals surface area contributed by atoms with Gasteiger partial charge in [0.25, 0.3) is 0 Å². The topological polar surface area (TPSA) is 83.5 Å². The summed E-state index contributed by atoms with van der Waals surface area (Å²) in [6.07, 6.45) is 1.66. The lowest BCUT2D eigenvalue weighted by atomic mass is 10.1. The Labute approximate surface area is 128 Å². The summed E-state index contributed by atoms with van der Waals surface area (Å²) in [5, 5.41) is 0. The molecule has 0 aliphatic carbocycles. The summed E-state index contributed by atoms with van der Waals surface area (Å²) >= 11 is 0. The highest BCUT2D eigenvalue weighted by atomic mass is 32.2. The van der Waals surface area contributed by atoms with Gasteiger partial charge in [0, 0.05) is 5.56 Å². The van der Waals surface area contributed by atoms with E-state index in [1.807, 2.05) is 6.07 Å². The number of Topliss-reactive ketones (excluding diaryl/α,β-unsaturated/α-hetero) is 1. The van der Waals surface area contributed by atoms with E-state index < -0.39 is 10.1 Å². The Morgan fingerprint density at radius 3 is 2.45 bits per heavy atom. The maximum Gasteiger partial charge on any atom is 0.200 e. The van der Waals surface area contributed by atoms with Crippen LogP contribution in [0, 0.1) is 0 Å². The zero-order valence-electron chi connectivity index (χ0n) is 11.6. The quantitative estimate of drug-likeness (QED) is 0.604. The van der Waals surface area contributed by atoms with Gasteiger partial charge in [0.2, 0.25) is 0 Å². The van der Waals surface area contributed by atoms with Gasteiger partial charge in [-0.1, -0.05) is 36.9 Å². The first-order valence-electron chi connectivity index (χ1n) is 6.34. The summed E-state index contributed by atoms with van der Waals surface area (Å²) in [5.74, 6) is 0.211. The molecule has 22 heavy (non-hydrogen) atoms. The van der Waals surface area contributed by atoms with Crippen LogP contribution in [0.5, 0.6) is 5.75 Å². The summed E-state index contributed by atoms with van der Waals surface area (Å²) < 4.78 is 37.8. The third kappa shape index (κ3) is 4.03. The standard InChI is InChI=1S/C16H14O5S/c1-2-12-4-3-5-14(10-12)21-11-16(17)13-6-8-15(9-7-13)22(18,19)20/h2-10H,1,11H2,(H,18,19,20)/p-1. The first kappa shape index (κ1) is 15.9. The zero-order valence-corrected chi connectivity index (χ0v) is 12.4. The molecule has 0 unspecified atom stereocenters. The van der Waals surface area contributed by atoms with Gasteiger partial charge in [0.15, 0.2) is 12.4 Å². The fourth-order valence-corrected chi connectivity index (χ4v) is 2.24. The van der Waals surface area contributed by atoms with Crippen molar-refractivity contribution in [3.8, 4) is 5.75 Å². The van der Waals surface area contributed by atoms with Crippen molar-refractivity contribution in [3.05, 3.63) is 66.2 Å². The number of hydrogen-bond acceptors (Lipinski definition) is 5. The molecule has 2 rings (SSSR count). The van der Waals surface area contributed by atoms with E-state index in [4.69, 9.17) is 4.74 Å². The third-order valence-corrected chi connectivity index (χ3v) is 3.78. The Hall–Kier alpha value is -2.44. The monoisotopic (exact) mass is 317 g/mol. The minimum Gasteiger partial charge on any atom is -0.744 e. The SMILES string of the molecule is C=Cc1cccc(OCC(=O)c2ccc(S(=O)(=O)[O-])cc2)c1. The summed E-state index contributed by atoms with van der Waals surface area (Å²) in [7, 11) is -4.51. The number of carbonyl (C=O) groups is 1. The molecule has 0 radical (unpaired) electrons. The number of ether oxygens (including phenoxy) is 1. The second-order valence-corrected chi connectivity index (χ2v) is 5.85. The predicted molar refractivity (Wildman–Crippen MR) is 80.8 cm³/mol. The Bertz CT molecular complexity index is 792. The first-order chi connectivity index (χ1) is 10.4. The fraction of sp³-hybridized carbons (Fsp3) is 0.0625. The van der Waals surface area contributed by atoms with Crippen LogP contribution < -0.4 is 4.74 Å². The van der Waals surface area contributed by atoms with Crippen molar-refractivity contribution in [2.24, 2.45) is 0 Å². The molecular weight excluding hydrogens is 304 g/mol. The van der Waals surface area contributed by atoms with Crippen LogP contribution in [0.15, 0.2) is 60.0 Å². The lowest BCUT2D eigenvalue weighted by Gasteiger charge is -2.08. The van der Waals surface area contributed by atoms with Crippen molar-refractivity contribution in [1.82, 2.24) is 0 Å². The second-order valence-electron chi connectivity index (χ2n) is 4.47. The predicted octanol–water partition coefficient (Wildman–Crippen LogP) is 2.50. The normalized spacial score (nSPS) is 11.0. The van der Waals surface area contributed by atoms with Crippen LogP contribution in [-0.2, 0) is 10.1 Å². The molecule has 5 nitrogen and oxygen atoms in total. The van der Waals surface area contributed by atoms with Crippen LogP contribution in [0.3, 0.4) is 0 Å². The van der Waals surface area contributed by atoms with E-state index >= 15 is 0 Å². The van der Waals surface area contributed by atoms with Gasteiger partial charge in [-0.2, -0.15) is 0 Å². The van der Waals surface area contributed by atoms with Gasteiger partial charge in [-0.3, -0.25) is 4.79 Å². The summed E-state index contributed by atoms with van der Waals surface area (Å²) in [4.78, 5) is 11.6. The van der Waals surface area contributed by atoms with Crippen molar-refractivity contribution >= 4 is 22.0 Å². The molecule has 0 amide bonds. The van der Waals surface area contributed by atoms with E-state index in [1.54, 1.807) is 24.3 Å². The smallest absolute Gasteiger partial charge is 0.200 e. The maximum atomic E-state index is 12.0. The summed E-state index contributed by atoms with van der Waals surface area (Å²) in [6, 6.07) is 11.9. The van der Waals surface area contributed by atoms with E-state index in [2.05, 4.69) is 6.58 Å². The molecule has 0 aliphatic heterocycles. The second kappa shape index (κ2) is 6.55. The van der Waals surface area contributed by atoms with Gasteiger partial charge in [-0.05, 0) is 29.8 Å². The minimum atomic E-state index is -4.51. The van der Waals surface area contributed by atoms with Crippen LogP contribution >= 0.6 is 0 Å². The number of carbonyl (C=O) groups excluding carboxylic acids is 1. The van der Waals surface area contributed by atoms with Gasteiger partial charge in [-0.25, -0.2) is 8.42 Å². The van der Waals surface area contributed by atoms with Gasteiger partial charge >= 0.3 is 0 Å². The lowest BCUT2D eigenvalue weighted by molar-refractivity contribution is 0.0921. The molecular formula is C16H13O5S-. The van der Waals surface area contributed by atoms with Crippen LogP contribution in [0.25, 0.3) is 6.08 Å². The largest absolute Gasteiger partial charge is 0.744 e. The molecule has 0 N–H and O–H groups in total. The Kier molecular flexibility index (Phi) is 4.75. The van der Waals surface area contributed by atoms with E-state index in [9.17, 15) is 17.8 Å². The highest BCUT2D eigenvalue weighted by Gasteiger charge is 2.08. The molecule has 114 valence electrons. The average Bonchev–Trinajstić information content (AvgIpc) is 2.52. The van der Waals surface area contributed by atoms with Crippen LogP contribution in [0.1, 0.15) is 15.9 Å².